The number of aliphatic hydroxyl groups excluding tert-OH is 1. The Bertz CT molecular complexity index is 533. The molecule has 2 aromatic rings. The molecule has 2 nitrogen and oxygen atoms in total. The Morgan fingerprint density at radius 3 is 3.12 bits per heavy atom. The van der Waals surface area contributed by atoms with Crippen molar-refractivity contribution in [2.75, 3.05) is 6.54 Å². The zero-order valence-electron chi connectivity index (χ0n) is 9.32. The maximum absolute atomic E-state index is 10.4. The minimum absolute atomic E-state index is 0.215. The highest BCUT2D eigenvalue weighted by atomic mass is 79.9. The summed E-state index contributed by atoms with van der Waals surface area (Å²) in [6.07, 6.45) is 1.83. The van der Waals surface area contributed by atoms with Gasteiger partial charge in [0.2, 0.25) is 0 Å². The summed E-state index contributed by atoms with van der Waals surface area (Å²) in [5.41, 5.74) is 1.06. The third-order valence-electron chi connectivity index (χ3n) is 3.38. The van der Waals surface area contributed by atoms with Crippen molar-refractivity contribution in [1.29, 1.82) is 0 Å². The van der Waals surface area contributed by atoms with Crippen LogP contribution >= 0.6 is 27.3 Å². The summed E-state index contributed by atoms with van der Waals surface area (Å²) in [7, 11) is 0. The highest BCUT2D eigenvalue weighted by Gasteiger charge is 2.26. The van der Waals surface area contributed by atoms with Gasteiger partial charge >= 0.3 is 0 Å². The van der Waals surface area contributed by atoms with Gasteiger partial charge in [-0.15, -0.1) is 11.3 Å². The zero-order chi connectivity index (χ0) is 11.8. The molecule has 0 bridgehead atoms. The lowest BCUT2D eigenvalue weighted by Gasteiger charge is -2.17. The topological polar surface area (TPSA) is 32.3 Å². The standard InChI is InChI=1S/C13H14BrNOS/c14-10-4-1-3-8-9(7-17-13(8)10)12(16)11-5-2-6-15-11/h1,3-4,7,11-12,15-16H,2,5-6H2. The third kappa shape index (κ3) is 2.03. The van der Waals surface area contributed by atoms with Crippen LogP contribution in [0.25, 0.3) is 10.1 Å². The number of aliphatic hydroxyl groups is 1. The van der Waals surface area contributed by atoms with Crippen molar-refractivity contribution in [2.24, 2.45) is 0 Å². The molecule has 1 saturated heterocycles. The molecule has 0 aliphatic carbocycles. The van der Waals surface area contributed by atoms with Crippen molar-refractivity contribution in [1.82, 2.24) is 5.32 Å². The van der Waals surface area contributed by atoms with E-state index in [9.17, 15) is 5.11 Å². The summed E-state index contributed by atoms with van der Waals surface area (Å²) in [6.45, 7) is 1.02. The van der Waals surface area contributed by atoms with Crippen LogP contribution in [0.4, 0.5) is 0 Å². The predicted molar refractivity (Wildman–Crippen MR) is 75.5 cm³/mol. The molecule has 1 fully saturated rings. The number of rotatable bonds is 2. The molecule has 17 heavy (non-hydrogen) atoms. The van der Waals surface area contributed by atoms with Gasteiger partial charge in [-0.05, 0) is 52.1 Å². The molecule has 1 aliphatic heterocycles. The van der Waals surface area contributed by atoms with Crippen LogP contribution in [-0.2, 0) is 0 Å². The van der Waals surface area contributed by atoms with Crippen LogP contribution in [0, 0.1) is 0 Å². The molecule has 0 amide bonds. The summed E-state index contributed by atoms with van der Waals surface area (Å²) < 4.78 is 2.33. The molecule has 0 spiro atoms. The molecule has 1 aromatic carbocycles. The van der Waals surface area contributed by atoms with E-state index in [0.717, 1.165) is 29.4 Å². The van der Waals surface area contributed by atoms with Crippen molar-refractivity contribution in [3.8, 4) is 0 Å². The van der Waals surface area contributed by atoms with Gasteiger partial charge in [0.25, 0.3) is 0 Å². The molecule has 1 aliphatic rings. The van der Waals surface area contributed by atoms with E-state index in [1.54, 1.807) is 11.3 Å². The van der Waals surface area contributed by atoms with Crippen LogP contribution in [0.5, 0.6) is 0 Å². The maximum atomic E-state index is 10.4. The molecular formula is C13H14BrNOS. The normalized spacial score (nSPS) is 22.1. The first-order chi connectivity index (χ1) is 8.27. The van der Waals surface area contributed by atoms with Crippen LogP contribution in [0.3, 0.4) is 0 Å². The Labute approximate surface area is 113 Å². The van der Waals surface area contributed by atoms with Crippen LogP contribution < -0.4 is 5.32 Å². The molecule has 2 atom stereocenters. The predicted octanol–water partition coefficient (Wildman–Crippen LogP) is 3.45. The first-order valence-electron chi connectivity index (χ1n) is 5.84. The van der Waals surface area contributed by atoms with Crippen LogP contribution in [0.1, 0.15) is 24.5 Å². The van der Waals surface area contributed by atoms with Crippen LogP contribution in [-0.4, -0.2) is 17.7 Å². The van der Waals surface area contributed by atoms with E-state index in [-0.39, 0.29) is 12.1 Å². The quantitative estimate of drug-likeness (QED) is 0.890. The number of halogens is 1. The number of thiophene rings is 1. The fourth-order valence-electron chi connectivity index (χ4n) is 2.47. The van der Waals surface area contributed by atoms with Crippen molar-refractivity contribution < 1.29 is 5.11 Å². The number of fused-ring (bicyclic) bond motifs is 1. The number of benzene rings is 1. The van der Waals surface area contributed by atoms with E-state index in [0.29, 0.717) is 0 Å². The van der Waals surface area contributed by atoms with Crippen LogP contribution in [0.15, 0.2) is 28.1 Å². The van der Waals surface area contributed by atoms with Gasteiger partial charge in [0, 0.05) is 20.8 Å². The Hall–Kier alpha value is -0.420. The van der Waals surface area contributed by atoms with Crippen molar-refractivity contribution in [3.05, 3.63) is 33.6 Å². The van der Waals surface area contributed by atoms with Gasteiger partial charge in [-0.3, -0.25) is 0 Å². The average molecular weight is 312 g/mol. The van der Waals surface area contributed by atoms with E-state index in [4.69, 9.17) is 0 Å². The summed E-state index contributed by atoms with van der Waals surface area (Å²) in [6, 6.07) is 6.37. The molecule has 2 unspecified atom stereocenters. The highest BCUT2D eigenvalue weighted by molar-refractivity contribution is 9.10. The lowest BCUT2D eigenvalue weighted by atomic mass is 10.0. The third-order valence-corrected chi connectivity index (χ3v) is 5.35. The number of nitrogens with one attached hydrogen (secondary N) is 1. The monoisotopic (exact) mass is 311 g/mol. The van der Waals surface area contributed by atoms with Crippen LogP contribution in [0.2, 0.25) is 0 Å². The SMILES string of the molecule is OC(c1csc2c(Br)cccc12)C1CCCN1. The molecule has 2 heterocycles. The van der Waals surface area contributed by atoms with Gasteiger partial charge in [-0.1, -0.05) is 12.1 Å². The van der Waals surface area contributed by atoms with Gasteiger partial charge in [-0.25, -0.2) is 0 Å². The van der Waals surface area contributed by atoms with Gasteiger partial charge < -0.3 is 10.4 Å². The van der Waals surface area contributed by atoms with E-state index < -0.39 is 0 Å². The van der Waals surface area contributed by atoms with Crippen molar-refractivity contribution in [3.63, 3.8) is 0 Å². The first-order valence-corrected chi connectivity index (χ1v) is 7.51. The minimum Gasteiger partial charge on any atom is -0.387 e. The second-order valence-corrected chi connectivity index (χ2v) is 6.19. The summed E-state index contributed by atoms with van der Waals surface area (Å²) >= 11 is 5.25. The Morgan fingerprint density at radius 2 is 2.35 bits per heavy atom. The molecule has 90 valence electrons. The molecule has 1 aromatic heterocycles. The van der Waals surface area contributed by atoms with Gasteiger partial charge in [-0.2, -0.15) is 0 Å². The molecular weight excluding hydrogens is 298 g/mol. The minimum atomic E-state index is -0.388. The summed E-state index contributed by atoms with van der Waals surface area (Å²) in [5, 5.41) is 17.0. The van der Waals surface area contributed by atoms with Gasteiger partial charge in [0.15, 0.2) is 0 Å². The van der Waals surface area contributed by atoms with Gasteiger partial charge in [0.1, 0.15) is 0 Å². The van der Waals surface area contributed by atoms with E-state index in [2.05, 4.69) is 32.7 Å². The van der Waals surface area contributed by atoms with Crippen molar-refractivity contribution in [2.45, 2.75) is 25.0 Å². The van der Waals surface area contributed by atoms with Crippen molar-refractivity contribution >= 4 is 37.4 Å². The lowest BCUT2D eigenvalue weighted by molar-refractivity contribution is 0.139. The summed E-state index contributed by atoms with van der Waals surface area (Å²) in [5.74, 6) is 0. The molecule has 4 heteroatoms. The Kier molecular flexibility index (Phi) is 3.21. The van der Waals surface area contributed by atoms with E-state index >= 15 is 0 Å². The summed E-state index contributed by atoms with van der Waals surface area (Å²) in [4.78, 5) is 0. The fourth-order valence-corrected chi connectivity index (χ4v) is 4.12. The molecule has 0 saturated carbocycles. The van der Waals surface area contributed by atoms with Gasteiger partial charge in [0.05, 0.1) is 6.10 Å². The largest absolute Gasteiger partial charge is 0.387 e. The maximum Gasteiger partial charge on any atom is 0.0956 e. The highest BCUT2D eigenvalue weighted by Crippen LogP contribution is 2.37. The number of hydrogen-bond donors (Lipinski definition) is 2. The van der Waals surface area contributed by atoms with E-state index in [1.807, 2.05) is 12.1 Å². The molecule has 3 rings (SSSR count). The molecule has 2 N–H and O–H groups in total. The number of hydrogen-bond acceptors (Lipinski definition) is 3. The second kappa shape index (κ2) is 4.69. The Balaban J connectivity index is 2.02. The zero-order valence-corrected chi connectivity index (χ0v) is 11.7. The fraction of sp³-hybridized carbons (Fsp3) is 0.385. The van der Waals surface area contributed by atoms with E-state index in [1.165, 1.54) is 10.1 Å². The Morgan fingerprint density at radius 1 is 1.47 bits per heavy atom. The second-order valence-electron chi connectivity index (χ2n) is 4.46. The average Bonchev–Trinajstić information content (AvgIpc) is 2.98. The lowest BCUT2D eigenvalue weighted by Crippen LogP contribution is -2.28. The molecule has 0 radical (unpaired) electrons. The first kappa shape index (κ1) is 11.7. The smallest absolute Gasteiger partial charge is 0.0956 e.